The van der Waals surface area contributed by atoms with E-state index in [2.05, 4.69) is 10.7 Å². The highest BCUT2D eigenvalue weighted by molar-refractivity contribution is 6.03. The number of terminal acetylenes is 1. The van der Waals surface area contributed by atoms with Gasteiger partial charge in [0.15, 0.2) is 6.61 Å². The van der Waals surface area contributed by atoms with Gasteiger partial charge in [-0.15, -0.1) is 6.42 Å². The molecule has 0 saturated carbocycles. The van der Waals surface area contributed by atoms with E-state index < -0.39 is 6.09 Å². The summed E-state index contributed by atoms with van der Waals surface area (Å²) in [6.07, 6.45) is 4.56. The van der Waals surface area contributed by atoms with E-state index in [1.54, 1.807) is 19.1 Å². The number of hydrogen-bond donors (Lipinski definition) is 0. The molecule has 0 bridgehead atoms. The summed E-state index contributed by atoms with van der Waals surface area (Å²) in [5.74, 6) is 1.79. The zero-order chi connectivity index (χ0) is 15.7. The van der Waals surface area contributed by atoms with Crippen molar-refractivity contribution < 1.29 is 23.9 Å². The summed E-state index contributed by atoms with van der Waals surface area (Å²) in [4.78, 5) is 34.7. The molecule has 6 heteroatoms. The van der Waals surface area contributed by atoms with E-state index in [-0.39, 0.29) is 19.0 Å². The van der Waals surface area contributed by atoms with Crippen LogP contribution in [0.2, 0.25) is 0 Å². The van der Waals surface area contributed by atoms with Crippen LogP contribution in [0.3, 0.4) is 0 Å². The lowest BCUT2D eigenvalue weighted by atomic mass is 10.1. The molecule has 0 N–H and O–H groups in total. The number of benzene rings is 1. The Hall–Kier alpha value is -2.81. The van der Waals surface area contributed by atoms with E-state index in [9.17, 15) is 14.4 Å². The smallest absolute Gasteiger partial charge is 0.421 e. The average molecular weight is 289 g/mol. The minimum atomic E-state index is -0.860. The Bertz CT molecular complexity index is 544. The summed E-state index contributed by atoms with van der Waals surface area (Å²) < 4.78 is 9.50. The molecule has 0 aliphatic heterocycles. The molecule has 0 heterocycles. The van der Waals surface area contributed by atoms with Crippen LogP contribution in [0.4, 0.5) is 10.5 Å². The van der Waals surface area contributed by atoms with Gasteiger partial charge in [0, 0.05) is 0 Å². The first-order valence-electron chi connectivity index (χ1n) is 6.21. The van der Waals surface area contributed by atoms with Gasteiger partial charge in [0.1, 0.15) is 0 Å². The summed E-state index contributed by atoms with van der Waals surface area (Å²) in [6, 6.07) is 6.30. The lowest BCUT2D eigenvalue weighted by Crippen LogP contribution is -2.30. The van der Waals surface area contributed by atoms with Gasteiger partial charge in [0.2, 0.25) is 6.41 Å². The zero-order valence-corrected chi connectivity index (χ0v) is 11.6. The van der Waals surface area contributed by atoms with Gasteiger partial charge >= 0.3 is 12.1 Å². The second-order valence-corrected chi connectivity index (χ2v) is 3.88. The maximum atomic E-state index is 11.6. The molecule has 0 aromatic heterocycles. The predicted octanol–water partition coefficient (Wildman–Crippen LogP) is 1.52. The summed E-state index contributed by atoms with van der Waals surface area (Å²) in [5.41, 5.74) is 1.03. The van der Waals surface area contributed by atoms with E-state index in [0.717, 1.165) is 4.90 Å². The maximum absolute atomic E-state index is 11.6. The third-order valence-electron chi connectivity index (χ3n) is 2.45. The van der Waals surface area contributed by atoms with Crippen molar-refractivity contribution >= 4 is 24.2 Å². The van der Waals surface area contributed by atoms with Crippen LogP contribution >= 0.6 is 0 Å². The van der Waals surface area contributed by atoms with Crippen LogP contribution < -0.4 is 4.90 Å². The van der Waals surface area contributed by atoms with Crippen molar-refractivity contribution in [3.8, 4) is 12.3 Å². The minimum Gasteiger partial charge on any atom is -0.466 e. The SMILES string of the molecule is C#CCOC(=O)N(C=O)c1ccc(CC(=O)OCC)cc1. The highest BCUT2D eigenvalue weighted by Gasteiger charge is 2.16. The first kappa shape index (κ1) is 16.2. The normalized spacial score (nSPS) is 9.33. The number of anilines is 1. The number of ether oxygens (including phenoxy) is 2. The number of hydrogen-bond acceptors (Lipinski definition) is 5. The molecule has 110 valence electrons. The molecule has 0 aliphatic carbocycles. The van der Waals surface area contributed by atoms with Gasteiger partial charge in [-0.05, 0) is 24.6 Å². The second kappa shape index (κ2) is 8.38. The molecule has 0 unspecified atom stereocenters. The van der Waals surface area contributed by atoms with Gasteiger partial charge in [0.05, 0.1) is 18.7 Å². The zero-order valence-electron chi connectivity index (χ0n) is 11.6. The molecule has 0 saturated heterocycles. The van der Waals surface area contributed by atoms with Crippen molar-refractivity contribution in [2.75, 3.05) is 18.1 Å². The fourth-order valence-corrected chi connectivity index (χ4v) is 1.54. The molecule has 2 amide bonds. The van der Waals surface area contributed by atoms with Gasteiger partial charge in [-0.3, -0.25) is 9.59 Å². The van der Waals surface area contributed by atoms with Gasteiger partial charge in [-0.1, -0.05) is 18.1 Å². The molecule has 0 aliphatic rings. The van der Waals surface area contributed by atoms with Crippen LogP contribution in [0.5, 0.6) is 0 Å². The standard InChI is InChI=1S/C15H15NO5/c1-3-9-21-15(19)16(11-17)13-7-5-12(6-8-13)10-14(18)20-4-2/h1,5-8,11H,4,9-10H2,2H3. The minimum absolute atomic E-state index is 0.122. The van der Waals surface area contributed by atoms with Crippen molar-refractivity contribution in [1.82, 2.24) is 0 Å². The third kappa shape index (κ3) is 4.99. The van der Waals surface area contributed by atoms with Crippen LogP contribution in [0.15, 0.2) is 24.3 Å². The first-order chi connectivity index (χ1) is 10.1. The maximum Gasteiger partial charge on any atom is 0.421 e. The molecule has 0 radical (unpaired) electrons. The van der Waals surface area contributed by atoms with Crippen LogP contribution in [-0.4, -0.2) is 31.7 Å². The molecule has 6 nitrogen and oxygen atoms in total. The largest absolute Gasteiger partial charge is 0.466 e. The molecule has 0 spiro atoms. The molecule has 0 atom stereocenters. The van der Waals surface area contributed by atoms with E-state index >= 15 is 0 Å². The van der Waals surface area contributed by atoms with Crippen LogP contribution in [0.1, 0.15) is 12.5 Å². The number of imide groups is 1. The fourth-order valence-electron chi connectivity index (χ4n) is 1.54. The van der Waals surface area contributed by atoms with E-state index in [1.165, 1.54) is 12.1 Å². The van der Waals surface area contributed by atoms with Crippen molar-refractivity contribution in [3.63, 3.8) is 0 Å². The molecule has 21 heavy (non-hydrogen) atoms. The fraction of sp³-hybridized carbons (Fsp3) is 0.267. The van der Waals surface area contributed by atoms with Crippen molar-refractivity contribution in [3.05, 3.63) is 29.8 Å². The number of rotatable bonds is 6. The monoisotopic (exact) mass is 289 g/mol. The summed E-state index contributed by atoms with van der Waals surface area (Å²) in [6.45, 7) is 1.83. The lowest BCUT2D eigenvalue weighted by Gasteiger charge is -2.14. The number of nitrogens with zero attached hydrogens (tertiary/aromatic N) is 1. The predicted molar refractivity (Wildman–Crippen MR) is 75.5 cm³/mol. The van der Waals surface area contributed by atoms with Crippen molar-refractivity contribution in [1.29, 1.82) is 0 Å². The Morgan fingerprint density at radius 1 is 1.29 bits per heavy atom. The second-order valence-electron chi connectivity index (χ2n) is 3.88. The summed E-state index contributed by atoms with van der Waals surface area (Å²) >= 11 is 0. The Kier molecular flexibility index (Phi) is 6.48. The van der Waals surface area contributed by atoms with Gasteiger partial charge in [-0.25, -0.2) is 9.69 Å². The molecule has 0 fully saturated rings. The first-order valence-corrected chi connectivity index (χ1v) is 6.21. The molecular weight excluding hydrogens is 274 g/mol. The Labute approximate surface area is 122 Å². The molecular formula is C15H15NO5. The Morgan fingerprint density at radius 2 is 1.95 bits per heavy atom. The lowest BCUT2D eigenvalue weighted by molar-refractivity contribution is -0.142. The van der Waals surface area contributed by atoms with Crippen molar-refractivity contribution in [2.24, 2.45) is 0 Å². The molecule has 1 aromatic carbocycles. The molecule has 1 aromatic rings. The highest BCUT2D eigenvalue weighted by atomic mass is 16.6. The molecule has 1 rings (SSSR count). The van der Waals surface area contributed by atoms with Crippen LogP contribution in [-0.2, 0) is 25.5 Å². The Balaban J connectivity index is 2.75. The van der Waals surface area contributed by atoms with Gasteiger partial charge < -0.3 is 9.47 Å². The van der Waals surface area contributed by atoms with E-state index in [0.29, 0.717) is 24.3 Å². The third-order valence-corrected chi connectivity index (χ3v) is 2.45. The van der Waals surface area contributed by atoms with Crippen molar-refractivity contribution in [2.45, 2.75) is 13.3 Å². The number of amides is 2. The number of carbonyl (C=O) groups excluding carboxylic acids is 3. The topological polar surface area (TPSA) is 72.9 Å². The summed E-state index contributed by atoms with van der Waals surface area (Å²) in [5, 5.41) is 0. The van der Waals surface area contributed by atoms with Gasteiger partial charge in [0.25, 0.3) is 0 Å². The van der Waals surface area contributed by atoms with E-state index in [4.69, 9.17) is 11.2 Å². The summed E-state index contributed by atoms with van der Waals surface area (Å²) in [7, 11) is 0. The quantitative estimate of drug-likeness (QED) is 0.451. The van der Waals surface area contributed by atoms with Gasteiger partial charge in [-0.2, -0.15) is 0 Å². The average Bonchev–Trinajstić information content (AvgIpc) is 2.48. The Morgan fingerprint density at radius 3 is 2.48 bits per heavy atom. The van der Waals surface area contributed by atoms with E-state index in [1.807, 2.05) is 0 Å². The van der Waals surface area contributed by atoms with Crippen LogP contribution in [0.25, 0.3) is 0 Å². The van der Waals surface area contributed by atoms with Crippen LogP contribution in [0, 0.1) is 12.3 Å². The number of carbonyl (C=O) groups is 3. The highest BCUT2D eigenvalue weighted by Crippen LogP contribution is 2.15. The number of esters is 1.